The molecule has 1 unspecified atom stereocenters. The van der Waals surface area contributed by atoms with Gasteiger partial charge in [-0.2, -0.15) is 0 Å². The van der Waals surface area contributed by atoms with Crippen LogP contribution < -0.4 is 9.66 Å². The van der Waals surface area contributed by atoms with E-state index >= 15 is 0 Å². The van der Waals surface area contributed by atoms with Crippen LogP contribution in [0.15, 0.2) is 54.6 Å². The number of hydrogen-bond acceptors (Lipinski definition) is 1. The maximum absolute atomic E-state index is 5.38. The molecule has 106 valence electrons. The standard InChI is InChI=1S/C17H23AsOP/c1-18(16-11-6-5-7-12-16)20(3,4)17-13-9-8-10-15(17)14-19-2/h5-13H,14H2,1-4H3/q+1. The summed E-state index contributed by atoms with van der Waals surface area (Å²) in [6.45, 7) is 5.71. The van der Waals surface area contributed by atoms with Gasteiger partial charge in [-0.15, -0.1) is 0 Å². The van der Waals surface area contributed by atoms with Crippen LogP contribution in [0.2, 0.25) is 5.71 Å². The molecular formula is C17H23AsOP+. The summed E-state index contributed by atoms with van der Waals surface area (Å²) in [5.74, 6) is -1.11. The third kappa shape index (κ3) is 3.34. The van der Waals surface area contributed by atoms with E-state index in [2.05, 4.69) is 73.6 Å². The normalized spacial score (nSPS) is 13.2. The first-order valence-electron chi connectivity index (χ1n) is 6.78. The summed E-state index contributed by atoms with van der Waals surface area (Å²) in [4.78, 5) is 0. The molecule has 1 atom stereocenters. The maximum atomic E-state index is 5.38. The summed E-state index contributed by atoms with van der Waals surface area (Å²) in [5.41, 5.74) is 3.87. The third-order valence-electron chi connectivity index (χ3n) is 3.76. The first kappa shape index (κ1) is 15.8. The molecule has 0 heterocycles. The number of ether oxygens (including phenoxy) is 1. The molecule has 0 amide bonds. The first-order chi connectivity index (χ1) is 9.57. The van der Waals surface area contributed by atoms with Crippen molar-refractivity contribution >= 4 is 29.7 Å². The van der Waals surface area contributed by atoms with Crippen molar-refractivity contribution in [2.45, 2.75) is 12.3 Å². The van der Waals surface area contributed by atoms with E-state index in [9.17, 15) is 0 Å². The quantitative estimate of drug-likeness (QED) is 0.595. The number of hydrogen-bond donors (Lipinski definition) is 0. The van der Waals surface area contributed by atoms with Crippen molar-refractivity contribution in [1.82, 2.24) is 0 Å². The van der Waals surface area contributed by atoms with Crippen LogP contribution in [0, 0.1) is 0 Å². The Hall–Kier alpha value is -0.612. The van der Waals surface area contributed by atoms with E-state index in [1.54, 1.807) is 16.8 Å². The summed E-state index contributed by atoms with van der Waals surface area (Å²) in [6, 6.07) is 19.9. The van der Waals surface area contributed by atoms with Gasteiger partial charge in [-0.1, -0.05) is 0 Å². The molecule has 0 aromatic heterocycles. The van der Waals surface area contributed by atoms with E-state index in [1.165, 1.54) is 5.56 Å². The molecule has 0 aliphatic rings. The van der Waals surface area contributed by atoms with E-state index < -0.39 is 20.0 Å². The van der Waals surface area contributed by atoms with E-state index in [-0.39, 0.29) is 0 Å². The van der Waals surface area contributed by atoms with Crippen molar-refractivity contribution in [3.63, 3.8) is 0 Å². The van der Waals surface area contributed by atoms with Crippen LogP contribution >= 0.6 is 5.82 Å². The van der Waals surface area contributed by atoms with Crippen LogP contribution in [0.3, 0.4) is 0 Å². The van der Waals surface area contributed by atoms with Crippen LogP contribution in [-0.2, 0) is 11.3 Å². The third-order valence-corrected chi connectivity index (χ3v) is 21.1. The Morgan fingerprint density at radius 1 is 0.950 bits per heavy atom. The SMILES string of the molecule is COCc1ccccc1[P+](C)(C)[As](C)c1ccccc1. The van der Waals surface area contributed by atoms with Gasteiger partial charge in [0.15, 0.2) is 0 Å². The summed E-state index contributed by atoms with van der Waals surface area (Å²) in [7, 11) is 1.78. The minimum atomic E-state index is -1.11. The molecule has 20 heavy (non-hydrogen) atoms. The topological polar surface area (TPSA) is 9.23 Å². The van der Waals surface area contributed by atoms with E-state index in [0.717, 1.165) is 6.61 Å². The van der Waals surface area contributed by atoms with Gasteiger partial charge < -0.3 is 0 Å². The number of rotatable bonds is 5. The average molecular weight is 349 g/mol. The Morgan fingerprint density at radius 3 is 2.20 bits per heavy atom. The van der Waals surface area contributed by atoms with Crippen LogP contribution in [-0.4, -0.2) is 34.6 Å². The molecular weight excluding hydrogens is 326 g/mol. The first-order valence-corrected chi connectivity index (χ1v) is 14.7. The van der Waals surface area contributed by atoms with Gasteiger partial charge in [0, 0.05) is 0 Å². The molecule has 0 spiro atoms. The molecule has 0 radical (unpaired) electrons. The molecule has 0 bridgehead atoms. The van der Waals surface area contributed by atoms with E-state index in [4.69, 9.17) is 4.74 Å². The number of methoxy groups -OCH3 is 1. The molecule has 0 N–H and O–H groups in total. The van der Waals surface area contributed by atoms with Crippen LogP contribution in [0.4, 0.5) is 0 Å². The second kappa shape index (κ2) is 6.90. The average Bonchev–Trinajstić information content (AvgIpc) is 2.48. The zero-order valence-electron chi connectivity index (χ0n) is 12.7. The Labute approximate surface area is 127 Å². The summed E-state index contributed by atoms with van der Waals surface area (Å²) in [6.07, 6.45) is 0. The fraction of sp³-hybridized carbons (Fsp3) is 0.294. The molecule has 0 saturated carbocycles. The van der Waals surface area contributed by atoms with Gasteiger partial charge in [0.25, 0.3) is 0 Å². The zero-order valence-corrected chi connectivity index (χ0v) is 15.5. The molecule has 2 rings (SSSR count). The molecule has 1 nitrogen and oxygen atoms in total. The van der Waals surface area contributed by atoms with Crippen LogP contribution in [0.1, 0.15) is 5.56 Å². The van der Waals surface area contributed by atoms with Gasteiger partial charge in [-0.3, -0.25) is 0 Å². The van der Waals surface area contributed by atoms with Gasteiger partial charge in [-0.25, -0.2) is 0 Å². The van der Waals surface area contributed by atoms with E-state index in [1.807, 2.05) is 0 Å². The Kier molecular flexibility index (Phi) is 5.44. The predicted octanol–water partition coefficient (Wildman–Crippen LogP) is 3.26. The summed E-state index contributed by atoms with van der Waals surface area (Å²) >= 11 is -1.07. The Morgan fingerprint density at radius 2 is 1.55 bits per heavy atom. The van der Waals surface area contributed by atoms with Crippen LogP contribution in [0.5, 0.6) is 0 Å². The summed E-state index contributed by atoms with van der Waals surface area (Å²) < 4.78 is 6.96. The van der Waals surface area contributed by atoms with E-state index in [0.29, 0.717) is 0 Å². The molecule has 2 aromatic carbocycles. The van der Waals surface area contributed by atoms with Crippen molar-refractivity contribution in [2.24, 2.45) is 0 Å². The Balaban J connectivity index is 2.39. The van der Waals surface area contributed by atoms with Crippen molar-refractivity contribution in [1.29, 1.82) is 0 Å². The molecule has 0 aliphatic heterocycles. The monoisotopic (exact) mass is 349 g/mol. The molecule has 0 fully saturated rings. The fourth-order valence-electron chi connectivity index (χ4n) is 2.42. The number of benzene rings is 2. The van der Waals surface area contributed by atoms with Gasteiger partial charge in [-0.05, 0) is 0 Å². The van der Waals surface area contributed by atoms with Gasteiger partial charge >= 0.3 is 127 Å². The summed E-state index contributed by atoms with van der Waals surface area (Å²) in [5, 5.41) is 1.55. The molecule has 2 aromatic rings. The second-order valence-corrected chi connectivity index (χ2v) is 21.3. The van der Waals surface area contributed by atoms with Crippen molar-refractivity contribution in [2.75, 3.05) is 20.4 Å². The van der Waals surface area contributed by atoms with Crippen molar-refractivity contribution in [3.05, 3.63) is 60.2 Å². The van der Waals surface area contributed by atoms with Gasteiger partial charge in [0.1, 0.15) is 0 Å². The molecule has 0 aliphatic carbocycles. The Bertz CT molecular complexity index is 554. The van der Waals surface area contributed by atoms with Gasteiger partial charge in [0.05, 0.1) is 0 Å². The molecule has 3 heteroatoms. The zero-order chi connectivity index (χ0) is 14.6. The van der Waals surface area contributed by atoms with Crippen molar-refractivity contribution in [3.8, 4) is 0 Å². The predicted molar refractivity (Wildman–Crippen MR) is 93.3 cm³/mol. The second-order valence-electron chi connectivity index (χ2n) is 5.32. The van der Waals surface area contributed by atoms with Crippen LogP contribution in [0.25, 0.3) is 0 Å². The minimum absolute atomic E-state index is 0.719. The fourth-order valence-corrected chi connectivity index (χ4v) is 13.5. The molecule has 0 saturated heterocycles. The van der Waals surface area contributed by atoms with Crippen molar-refractivity contribution < 1.29 is 4.74 Å². The van der Waals surface area contributed by atoms with Gasteiger partial charge in [0.2, 0.25) is 0 Å².